The molecule has 1 spiro atoms. The summed E-state index contributed by atoms with van der Waals surface area (Å²) in [5, 5.41) is 8.20. The predicted octanol–water partition coefficient (Wildman–Crippen LogP) is -0.502. The molecule has 4 heterocycles. The summed E-state index contributed by atoms with van der Waals surface area (Å²) < 4.78 is 35.0. The molecule has 4 rings (SSSR count). The first-order valence-corrected chi connectivity index (χ1v) is 8.96. The number of urea groups is 1. The number of nitrogens with one attached hydrogen (secondary N) is 1. The molecule has 2 bridgehead atoms. The highest BCUT2D eigenvalue weighted by Gasteiger charge is 2.51. The molecule has 3 fully saturated rings. The van der Waals surface area contributed by atoms with E-state index in [1.807, 2.05) is 0 Å². The van der Waals surface area contributed by atoms with Crippen LogP contribution < -0.4 is 5.32 Å². The first kappa shape index (κ1) is 15.1. The fraction of sp³-hybridized carbons (Fsp3) is 0.833. The predicted molar refractivity (Wildman–Crippen MR) is 76.7 cm³/mol. The number of carbonyl (C=O) groups excluding carboxylic acids is 1. The Kier molecular flexibility index (Phi) is 3.31. The quantitative estimate of drug-likeness (QED) is 0.661. The van der Waals surface area contributed by atoms with Crippen LogP contribution in [0.5, 0.6) is 0 Å². The lowest BCUT2D eigenvalue weighted by molar-refractivity contribution is -0.0316. The summed E-state index contributed by atoms with van der Waals surface area (Å²) in [6, 6.07) is -1.16. The number of fused-ring (bicyclic) bond motifs is 2. The molecule has 23 heavy (non-hydrogen) atoms. The van der Waals surface area contributed by atoms with Crippen molar-refractivity contribution < 1.29 is 26.9 Å². The molecule has 0 aromatic rings. The van der Waals surface area contributed by atoms with Gasteiger partial charge < -0.3 is 15.1 Å². The van der Waals surface area contributed by atoms with E-state index in [-0.39, 0.29) is 17.7 Å². The molecule has 0 aliphatic carbocycles. The zero-order valence-electron chi connectivity index (χ0n) is 12.3. The zero-order valence-corrected chi connectivity index (χ0v) is 13.2. The van der Waals surface area contributed by atoms with Gasteiger partial charge in [0.2, 0.25) is 0 Å². The average Bonchev–Trinajstić information content (AvgIpc) is 3.17. The van der Waals surface area contributed by atoms with E-state index < -0.39 is 16.4 Å². The summed E-state index contributed by atoms with van der Waals surface area (Å²) in [6.07, 6.45) is 2.78. The van der Waals surface area contributed by atoms with E-state index in [0.29, 0.717) is 25.8 Å². The Morgan fingerprint density at radius 1 is 1.43 bits per heavy atom. The Morgan fingerprint density at radius 2 is 2.26 bits per heavy atom. The maximum atomic E-state index is 12.4. The van der Waals surface area contributed by atoms with Crippen molar-refractivity contribution in [3.05, 3.63) is 0 Å². The van der Waals surface area contributed by atoms with Gasteiger partial charge in [-0.2, -0.15) is 13.5 Å². The molecule has 0 saturated carbocycles. The summed E-state index contributed by atoms with van der Waals surface area (Å²) in [4.78, 5) is 19.6. The Balaban J connectivity index is 1.50. The van der Waals surface area contributed by atoms with Crippen molar-refractivity contribution in [2.45, 2.75) is 43.4 Å². The van der Waals surface area contributed by atoms with Gasteiger partial charge in [0.05, 0.1) is 17.8 Å². The second-order valence-corrected chi connectivity index (χ2v) is 7.47. The molecule has 3 atom stereocenters. The molecular formula is C12H18N4O6S. The molecule has 4 aliphatic heterocycles. The van der Waals surface area contributed by atoms with Crippen molar-refractivity contribution in [1.29, 1.82) is 0 Å². The lowest BCUT2D eigenvalue weighted by Crippen LogP contribution is -2.46. The van der Waals surface area contributed by atoms with Crippen molar-refractivity contribution in [3.8, 4) is 0 Å². The standard InChI is InChI=1S/C12H18N4O6S/c17-11-15-6-8(16(11)22-23(18,19)20)1-2-10(15)9-5-12(21-14-9)3-4-13-7-12/h8,10,13H,1-7H2,(H,18,19,20)/t8-,10+,12?/m1/s1. The summed E-state index contributed by atoms with van der Waals surface area (Å²) in [6.45, 7) is 1.97. The van der Waals surface area contributed by atoms with Crippen LogP contribution in [0, 0.1) is 0 Å². The molecular weight excluding hydrogens is 328 g/mol. The average molecular weight is 346 g/mol. The second kappa shape index (κ2) is 5.03. The van der Waals surface area contributed by atoms with Crippen LogP contribution >= 0.6 is 0 Å². The van der Waals surface area contributed by atoms with Crippen molar-refractivity contribution in [2.24, 2.45) is 5.16 Å². The van der Waals surface area contributed by atoms with Crippen LogP contribution in [0.1, 0.15) is 25.7 Å². The van der Waals surface area contributed by atoms with Gasteiger partial charge in [0.1, 0.15) is 0 Å². The minimum absolute atomic E-state index is 0.214. The van der Waals surface area contributed by atoms with Gasteiger partial charge in [-0.05, 0) is 19.4 Å². The van der Waals surface area contributed by atoms with Gasteiger partial charge in [0, 0.05) is 25.9 Å². The molecule has 2 amide bonds. The number of oxime groups is 1. The molecule has 10 nitrogen and oxygen atoms in total. The topological polar surface area (TPSA) is 121 Å². The van der Waals surface area contributed by atoms with E-state index in [2.05, 4.69) is 14.8 Å². The van der Waals surface area contributed by atoms with E-state index in [9.17, 15) is 13.2 Å². The minimum atomic E-state index is -4.72. The van der Waals surface area contributed by atoms with Crippen LogP contribution in [0.25, 0.3) is 0 Å². The smallest absolute Gasteiger partial charge is 0.387 e. The third kappa shape index (κ3) is 2.57. The molecule has 2 N–H and O–H groups in total. The Hall–Kier alpha value is -1.43. The molecule has 0 aromatic heterocycles. The molecule has 1 unspecified atom stereocenters. The van der Waals surface area contributed by atoms with Gasteiger partial charge in [0.25, 0.3) is 0 Å². The number of carbonyl (C=O) groups is 1. The van der Waals surface area contributed by atoms with Crippen molar-refractivity contribution in [3.63, 3.8) is 0 Å². The number of hydroxylamine groups is 2. The third-order valence-electron chi connectivity index (χ3n) is 4.95. The van der Waals surface area contributed by atoms with E-state index in [0.717, 1.165) is 30.3 Å². The summed E-state index contributed by atoms with van der Waals surface area (Å²) in [7, 11) is -4.72. The third-order valence-corrected chi connectivity index (χ3v) is 5.30. The minimum Gasteiger partial charge on any atom is -0.387 e. The second-order valence-electron chi connectivity index (χ2n) is 6.47. The van der Waals surface area contributed by atoms with Gasteiger partial charge in [-0.3, -0.25) is 4.55 Å². The molecule has 4 aliphatic rings. The maximum absolute atomic E-state index is 12.4. The van der Waals surface area contributed by atoms with Crippen LogP contribution in [-0.2, 0) is 19.5 Å². The van der Waals surface area contributed by atoms with Crippen LogP contribution in [-0.4, -0.2) is 72.0 Å². The zero-order chi connectivity index (χ0) is 16.2. The number of hydrogen-bond donors (Lipinski definition) is 2. The van der Waals surface area contributed by atoms with E-state index in [1.165, 1.54) is 0 Å². The van der Waals surface area contributed by atoms with Gasteiger partial charge in [-0.15, -0.1) is 4.28 Å². The SMILES string of the molecule is O=C1N2C[C@@H](CC[C@H]2C2=NOC3(CCNC3)C2)N1OS(=O)(=O)O. The highest BCUT2D eigenvalue weighted by atomic mass is 32.3. The number of hydrogen-bond acceptors (Lipinski definition) is 7. The lowest BCUT2D eigenvalue weighted by Gasteiger charge is -2.30. The molecule has 3 saturated heterocycles. The Bertz CT molecular complexity index is 658. The highest BCUT2D eigenvalue weighted by molar-refractivity contribution is 7.80. The van der Waals surface area contributed by atoms with Gasteiger partial charge >= 0.3 is 16.4 Å². The van der Waals surface area contributed by atoms with Crippen molar-refractivity contribution in [2.75, 3.05) is 19.6 Å². The monoisotopic (exact) mass is 346 g/mol. The van der Waals surface area contributed by atoms with Crippen LogP contribution in [0.15, 0.2) is 5.16 Å². The first-order chi connectivity index (χ1) is 10.9. The fourth-order valence-corrected chi connectivity index (χ4v) is 4.24. The van der Waals surface area contributed by atoms with Crippen molar-refractivity contribution in [1.82, 2.24) is 15.3 Å². The normalized spacial score (nSPS) is 36.7. The maximum Gasteiger partial charge on any atom is 0.418 e. The summed E-state index contributed by atoms with van der Waals surface area (Å²) in [5.74, 6) is 0. The molecule has 128 valence electrons. The molecule has 11 heteroatoms. The van der Waals surface area contributed by atoms with Crippen LogP contribution in [0.4, 0.5) is 4.79 Å². The van der Waals surface area contributed by atoms with Gasteiger partial charge in [-0.25, -0.2) is 4.79 Å². The summed E-state index contributed by atoms with van der Waals surface area (Å²) in [5.41, 5.74) is 0.508. The molecule has 0 aromatic carbocycles. The lowest BCUT2D eigenvalue weighted by atomic mass is 9.89. The van der Waals surface area contributed by atoms with E-state index >= 15 is 0 Å². The van der Waals surface area contributed by atoms with Crippen LogP contribution in [0.3, 0.4) is 0 Å². The van der Waals surface area contributed by atoms with E-state index in [4.69, 9.17) is 9.39 Å². The Morgan fingerprint density at radius 3 is 2.96 bits per heavy atom. The van der Waals surface area contributed by atoms with Gasteiger partial charge in [-0.1, -0.05) is 5.16 Å². The number of nitrogens with zero attached hydrogens (tertiary/aromatic N) is 3. The fourth-order valence-electron chi connectivity index (χ4n) is 3.86. The summed E-state index contributed by atoms with van der Waals surface area (Å²) >= 11 is 0. The number of amides is 2. The first-order valence-electron chi connectivity index (χ1n) is 7.59. The highest BCUT2D eigenvalue weighted by Crippen LogP contribution is 2.37. The van der Waals surface area contributed by atoms with E-state index in [1.54, 1.807) is 4.90 Å². The number of piperidine rings is 1. The Labute approximate surface area is 133 Å². The van der Waals surface area contributed by atoms with Gasteiger partial charge in [0.15, 0.2) is 5.60 Å². The molecule has 0 radical (unpaired) electrons. The van der Waals surface area contributed by atoms with Crippen LogP contribution in [0.2, 0.25) is 0 Å². The largest absolute Gasteiger partial charge is 0.418 e. The number of rotatable bonds is 3. The van der Waals surface area contributed by atoms with Crippen molar-refractivity contribution >= 4 is 22.1 Å².